The van der Waals surface area contributed by atoms with Crippen molar-refractivity contribution in [2.45, 2.75) is 132 Å². The summed E-state index contributed by atoms with van der Waals surface area (Å²) in [7, 11) is 0. The van der Waals surface area contributed by atoms with E-state index in [4.69, 9.17) is 14.2 Å². The second-order valence-corrected chi connectivity index (χ2v) is 15.9. The molecule has 4 heterocycles. The second kappa shape index (κ2) is 7.62. The molecule has 4 saturated carbocycles. The Morgan fingerprint density at radius 3 is 2.25 bits per heavy atom. The first kappa shape index (κ1) is 27.2. The molecule has 17 unspecified atom stereocenters. The predicted molar refractivity (Wildman–Crippen MR) is 139 cm³/mol. The Morgan fingerprint density at radius 1 is 0.825 bits per heavy atom. The number of aliphatic hydroxyl groups excluding tert-OH is 4. The van der Waals surface area contributed by atoms with Crippen LogP contribution in [0.5, 0.6) is 0 Å². The molecule has 4 aliphatic carbocycles. The highest BCUT2D eigenvalue weighted by atomic mass is 16.8. The van der Waals surface area contributed by atoms with Gasteiger partial charge >= 0.3 is 0 Å². The molecule has 0 aromatic rings. The molecule has 0 aromatic carbocycles. The molecule has 6 N–H and O–H groups in total. The van der Waals surface area contributed by atoms with Crippen molar-refractivity contribution < 1.29 is 44.8 Å². The van der Waals surface area contributed by atoms with Crippen LogP contribution in [0.4, 0.5) is 0 Å². The van der Waals surface area contributed by atoms with Crippen LogP contribution < -0.4 is 0 Å². The maximum absolute atomic E-state index is 12.3. The summed E-state index contributed by atoms with van der Waals surface area (Å²) in [5, 5.41) is 71.0. The van der Waals surface area contributed by atoms with Gasteiger partial charge < -0.3 is 44.8 Å². The molecular formula is C30H47NO9. The zero-order valence-corrected chi connectivity index (χ0v) is 24.2. The van der Waals surface area contributed by atoms with E-state index in [-0.39, 0.29) is 17.9 Å². The van der Waals surface area contributed by atoms with Crippen molar-refractivity contribution in [2.24, 2.45) is 40.9 Å². The minimum absolute atomic E-state index is 0.0728. The maximum Gasteiger partial charge on any atom is 0.198 e. The van der Waals surface area contributed by atoms with Gasteiger partial charge in [-0.15, -0.1) is 0 Å². The molecule has 17 atom stereocenters. The first-order valence-corrected chi connectivity index (χ1v) is 15.5. The van der Waals surface area contributed by atoms with Crippen LogP contribution >= 0.6 is 0 Å². The minimum Gasteiger partial charge on any atom is -0.390 e. The number of fused-ring (bicyclic) bond motifs is 3. The molecule has 0 amide bonds. The summed E-state index contributed by atoms with van der Waals surface area (Å²) in [5.74, 6) is -5.26. The minimum atomic E-state index is -2.00. The fraction of sp³-hybridized carbons (Fsp3) is 1.00. The summed E-state index contributed by atoms with van der Waals surface area (Å²) in [6, 6.07) is -0.0728. The van der Waals surface area contributed by atoms with Gasteiger partial charge in [0.05, 0.1) is 35.4 Å². The predicted octanol–water partition coefficient (Wildman–Crippen LogP) is -0.0450. The van der Waals surface area contributed by atoms with Gasteiger partial charge in [-0.1, -0.05) is 13.8 Å². The smallest absolute Gasteiger partial charge is 0.198 e. The summed E-state index contributed by atoms with van der Waals surface area (Å²) in [4.78, 5) is 2.39. The van der Waals surface area contributed by atoms with E-state index in [0.717, 1.165) is 19.4 Å². The molecule has 2 spiro atoms. The standard InChI is InChI=1S/C30H47NO9/c1-13-6-7-16-27(5,36)18-14(12-31(16)11-13)15-10-28-23(29(15)24(19(18)33)38-25(2,3)39-29)21(35)20(34)22-26(28,4)9-8-17(32)30(22,37)40-28/h13-24,32-37H,6-12H2,1-5H3. The van der Waals surface area contributed by atoms with Crippen molar-refractivity contribution in [2.75, 3.05) is 13.1 Å². The summed E-state index contributed by atoms with van der Waals surface area (Å²) < 4.78 is 20.2. The highest BCUT2D eigenvalue weighted by Crippen LogP contribution is 2.78. The van der Waals surface area contributed by atoms with E-state index >= 15 is 0 Å². The molecule has 40 heavy (non-hydrogen) atoms. The van der Waals surface area contributed by atoms with Crippen molar-refractivity contribution >= 4 is 0 Å². The molecule has 10 nitrogen and oxygen atoms in total. The third kappa shape index (κ3) is 2.74. The third-order valence-electron chi connectivity index (χ3n) is 13.6. The number of aliphatic hydroxyl groups is 6. The first-order chi connectivity index (χ1) is 18.6. The van der Waals surface area contributed by atoms with Crippen LogP contribution in [0, 0.1) is 40.9 Å². The lowest BCUT2D eigenvalue weighted by Crippen LogP contribution is -2.76. The van der Waals surface area contributed by atoms with Gasteiger partial charge in [0.2, 0.25) is 0 Å². The van der Waals surface area contributed by atoms with Gasteiger partial charge in [0, 0.05) is 36.4 Å². The Bertz CT molecular complexity index is 1120. The first-order valence-electron chi connectivity index (χ1n) is 15.5. The Balaban J connectivity index is 1.34. The van der Waals surface area contributed by atoms with Gasteiger partial charge in [-0.3, -0.25) is 4.90 Å². The summed E-state index contributed by atoms with van der Waals surface area (Å²) >= 11 is 0. The van der Waals surface area contributed by atoms with Gasteiger partial charge in [0.1, 0.15) is 17.8 Å². The van der Waals surface area contributed by atoms with Crippen molar-refractivity contribution in [3.05, 3.63) is 0 Å². The van der Waals surface area contributed by atoms with Crippen LogP contribution in [-0.4, -0.2) is 114 Å². The molecule has 4 bridgehead atoms. The molecular weight excluding hydrogens is 518 g/mol. The van der Waals surface area contributed by atoms with Gasteiger partial charge in [0.25, 0.3) is 0 Å². The van der Waals surface area contributed by atoms with E-state index in [9.17, 15) is 30.6 Å². The molecule has 0 radical (unpaired) electrons. The van der Waals surface area contributed by atoms with E-state index in [1.807, 2.05) is 27.7 Å². The van der Waals surface area contributed by atoms with Crippen LogP contribution in [0.25, 0.3) is 0 Å². The fourth-order valence-corrected chi connectivity index (χ4v) is 12.5. The second-order valence-electron chi connectivity index (χ2n) is 15.9. The van der Waals surface area contributed by atoms with Crippen molar-refractivity contribution in [3.8, 4) is 0 Å². The molecule has 226 valence electrons. The lowest BCUT2D eigenvalue weighted by molar-refractivity contribution is -0.288. The van der Waals surface area contributed by atoms with Gasteiger partial charge in [-0.25, -0.2) is 0 Å². The van der Waals surface area contributed by atoms with Crippen LogP contribution in [0.2, 0.25) is 0 Å². The molecule has 10 heteroatoms. The zero-order valence-electron chi connectivity index (χ0n) is 24.2. The van der Waals surface area contributed by atoms with Gasteiger partial charge in [-0.05, 0) is 70.6 Å². The Hall–Kier alpha value is -0.400. The quantitative estimate of drug-likeness (QED) is 0.236. The lowest BCUT2D eigenvalue weighted by atomic mass is 9.48. The summed E-state index contributed by atoms with van der Waals surface area (Å²) in [5.41, 5.74) is -4.28. The van der Waals surface area contributed by atoms with Crippen molar-refractivity contribution in [1.29, 1.82) is 0 Å². The highest BCUT2D eigenvalue weighted by Gasteiger charge is 2.90. The van der Waals surface area contributed by atoms with Gasteiger partial charge in [0.15, 0.2) is 11.6 Å². The number of hydrogen-bond acceptors (Lipinski definition) is 10. The monoisotopic (exact) mass is 565 g/mol. The van der Waals surface area contributed by atoms with Crippen molar-refractivity contribution in [1.82, 2.24) is 4.90 Å². The fourth-order valence-electron chi connectivity index (χ4n) is 12.5. The molecule has 8 aliphatic rings. The Labute approximate surface area is 235 Å². The van der Waals surface area contributed by atoms with Crippen LogP contribution in [0.15, 0.2) is 0 Å². The highest BCUT2D eigenvalue weighted by molar-refractivity contribution is 5.36. The molecule has 8 fully saturated rings. The van der Waals surface area contributed by atoms with E-state index in [1.54, 1.807) is 0 Å². The van der Waals surface area contributed by atoms with Crippen LogP contribution in [-0.2, 0) is 14.2 Å². The van der Waals surface area contributed by atoms with E-state index < -0.39 is 82.1 Å². The lowest BCUT2D eigenvalue weighted by Gasteiger charge is -2.63. The Morgan fingerprint density at radius 2 is 1.52 bits per heavy atom. The number of nitrogens with zero attached hydrogens (tertiary/aromatic N) is 1. The van der Waals surface area contributed by atoms with Crippen LogP contribution in [0.3, 0.4) is 0 Å². The maximum atomic E-state index is 12.3. The average molecular weight is 566 g/mol. The number of ether oxygens (including phenoxy) is 3. The van der Waals surface area contributed by atoms with E-state index in [0.29, 0.717) is 31.7 Å². The summed E-state index contributed by atoms with van der Waals surface area (Å²) in [6.45, 7) is 11.3. The molecule has 8 rings (SSSR count). The largest absolute Gasteiger partial charge is 0.390 e. The third-order valence-corrected chi connectivity index (χ3v) is 13.6. The normalized spacial score (nSPS) is 67.0. The van der Waals surface area contributed by atoms with E-state index in [2.05, 4.69) is 11.8 Å². The molecule has 4 aliphatic heterocycles. The Kier molecular flexibility index (Phi) is 5.18. The number of rotatable bonds is 0. The van der Waals surface area contributed by atoms with Gasteiger partial charge in [-0.2, -0.15) is 0 Å². The topological polar surface area (TPSA) is 152 Å². The summed E-state index contributed by atoms with van der Waals surface area (Å²) in [6.07, 6.45) is -2.68. The molecule has 4 saturated heterocycles. The SMILES string of the molecule is CC1CCC2N(C1)CC1C(C(O)C3OC(C)(C)OC34C1CC13OC5(O)C(O)CCC1(C)C5C(O)C(O)C43)C2(C)O. The number of hydrogen-bond donors (Lipinski definition) is 6. The zero-order chi connectivity index (χ0) is 28.6. The van der Waals surface area contributed by atoms with E-state index in [1.165, 1.54) is 0 Å². The van der Waals surface area contributed by atoms with Crippen molar-refractivity contribution in [3.63, 3.8) is 0 Å². The molecule has 0 aromatic heterocycles. The number of piperidine rings is 2. The van der Waals surface area contributed by atoms with Crippen LogP contribution in [0.1, 0.15) is 66.7 Å². The average Bonchev–Trinajstić information content (AvgIpc) is 3.33.